The number of nitrogens with zero attached hydrogens (tertiary/aromatic N) is 2. The van der Waals surface area contributed by atoms with Gasteiger partial charge in [-0.1, -0.05) is 31.5 Å². The topological polar surface area (TPSA) is 155 Å². The van der Waals surface area contributed by atoms with Crippen LogP contribution in [-0.4, -0.2) is 89.2 Å². The largest absolute Gasteiger partial charge is 0.493 e. The van der Waals surface area contributed by atoms with E-state index in [9.17, 15) is 24.9 Å². The van der Waals surface area contributed by atoms with Crippen LogP contribution in [0, 0.1) is 5.92 Å². The van der Waals surface area contributed by atoms with E-state index in [0.29, 0.717) is 73.0 Å². The van der Waals surface area contributed by atoms with E-state index in [1.54, 1.807) is 24.3 Å². The van der Waals surface area contributed by atoms with Crippen LogP contribution >= 0.6 is 0 Å². The Balaban J connectivity index is 1.61. The lowest BCUT2D eigenvalue weighted by Crippen LogP contribution is -2.45. The predicted molar refractivity (Wildman–Crippen MR) is 155 cm³/mol. The first kappa shape index (κ1) is 31.6. The average Bonchev–Trinajstić information content (AvgIpc) is 3.62. The number of aliphatic hydroxyl groups is 2. The Morgan fingerprint density at radius 1 is 1.10 bits per heavy atom. The molecule has 5 N–H and O–H groups in total. The number of amides is 1. The predicted octanol–water partition coefficient (Wildman–Crippen LogP) is 2.32. The summed E-state index contributed by atoms with van der Waals surface area (Å²) in [6.07, 6.45) is 2.87. The van der Waals surface area contributed by atoms with Crippen LogP contribution in [0.15, 0.2) is 36.4 Å². The van der Waals surface area contributed by atoms with Crippen molar-refractivity contribution in [3.63, 3.8) is 0 Å². The van der Waals surface area contributed by atoms with Gasteiger partial charge in [-0.15, -0.1) is 0 Å². The highest BCUT2D eigenvalue weighted by Crippen LogP contribution is 2.44. The number of fused-ring (bicyclic) bond motifs is 1. The van der Waals surface area contributed by atoms with Crippen LogP contribution in [0.5, 0.6) is 17.2 Å². The highest BCUT2D eigenvalue weighted by molar-refractivity contribution is 5.79. The minimum atomic E-state index is -0.968. The summed E-state index contributed by atoms with van der Waals surface area (Å²) in [5.74, 6) is -0.836. The highest BCUT2D eigenvalue weighted by atomic mass is 16.7. The molecule has 0 saturated carbocycles. The Labute approximate surface area is 246 Å². The molecule has 0 bridgehead atoms. The zero-order valence-electron chi connectivity index (χ0n) is 24.2. The number of aliphatic hydroxyl groups excluding tert-OH is 2. The number of carbonyl (C=O) groups is 2. The summed E-state index contributed by atoms with van der Waals surface area (Å²) in [4.78, 5) is 30.2. The third kappa shape index (κ3) is 7.33. The van der Waals surface area contributed by atoms with Crippen molar-refractivity contribution in [1.82, 2.24) is 9.80 Å². The maximum Gasteiger partial charge on any atom is 0.308 e. The van der Waals surface area contributed by atoms with Crippen LogP contribution < -0.4 is 19.9 Å². The lowest BCUT2D eigenvalue weighted by atomic mass is 9.83. The van der Waals surface area contributed by atoms with Crippen LogP contribution in [0.25, 0.3) is 0 Å². The number of likely N-dealkylation sites (tertiary alicyclic amines) is 1. The van der Waals surface area contributed by atoms with Gasteiger partial charge in [-0.2, -0.15) is 0 Å². The highest BCUT2D eigenvalue weighted by Gasteiger charge is 2.47. The van der Waals surface area contributed by atoms with Crippen LogP contribution in [0.4, 0.5) is 0 Å². The van der Waals surface area contributed by atoms with E-state index < -0.39 is 23.8 Å². The fraction of sp³-hybridized carbons (Fsp3) is 0.548. The third-order valence-corrected chi connectivity index (χ3v) is 8.12. The molecule has 2 aromatic rings. The second-order valence-electron chi connectivity index (χ2n) is 10.8. The third-order valence-electron chi connectivity index (χ3n) is 8.12. The molecule has 2 heterocycles. The molecule has 2 aliphatic rings. The van der Waals surface area contributed by atoms with Gasteiger partial charge in [-0.3, -0.25) is 14.5 Å². The van der Waals surface area contributed by atoms with E-state index in [0.717, 1.165) is 12.8 Å². The number of carbonyl (C=O) groups excluding carboxylic acids is 1. The van der Waals surface area contributed by atoms with E-state index >= 15 is 0 Å². The van der Waals surface area contributed by atoms with E-state index in [1.807, 2.05) is 21.9 Å². The Hall–Kier alpha value is -3.38. The maximum atomic E-state index is 13.6. The summed E-state index contributed by atoms with van der Waals surface area (Å²) in [6.45, 7) is 3.94. The molecule has 230 valence electrons. The second-order valence-corrected chi connectivity index (χ2v) is 10.8. The molecule has 2 aromatic carbocycles. The van der Waals surface area contributed by atoms with E-state index in [1.165, 1.54) is 0 Å². The van der Waals surface area contributed by atoms with Crippen molar-refractivity contribution < 1.29 is 39.1 Å². The molecule has 42 heavy (non-hydrogen) atoms. The van der Waals surface area contributed by atoms with Gasteiger partial charge in [-0.05, 0) is 49.6 Å². The van der Waals surface area contributed by atoms with Gasteiger partial charge in [-0.25, -0.2) is 0 Å². The minimum absolute atomic E-state index is 0.0328. The molecule has 0 aromatic heterocycles. The summed E-state index contributed by atoms with van der Waals surface area (Å²) in [5, 5.41) is 30.2. The monoisotopic (exact) mass is 585 g/mol. The van der Waals surface area contributed by atoms with Gasteiger partial charge < -0.3 is 40.2 Å². The number of carboxylic acid groups (broad SMARTS) is 1. The maximum absolute atomic E-state index is 13.6. The first-order valence-corrected chi connectivity index (χ1v) is 14.7. The number of hydrogen-bond donors (Lipinski definition) is 4. The zero-order chi connectivity index (χ0) is 30.1. The molecule has 0 radical (unpaired) electrons. The number of carboxylic acids is 1. The van der Waals surface area contributed by atoms with E-state index in [-0.39, 0.29) is 39.1 Å². The van der Waals surface area contributed by atoms with E-state index in [4.69, 9.17) is 19.9 Å². The molecular formula is C31H43N3O8. The SMILES string of the molecule is CCCCN(CCCN)C(=O)CN1C[C@H](c2cc(CO)c3c(c2)OCO3)[C@@H](C(=O)O)[C@@H]1CCOc1ccccc1CO. The molecule has 1 saturated heterocycles. The van der Waals surface area contributed by atoms with E-state index in [2.05, 4.69) is 6.92 Å². The number of aliphatic carboxylic acids is 1. The Bertz CT molecular complexity index is 1200. The van der Waals surface area contributed by atoms with Gasteiger partial charge in [0.15, 0.2) is 11.5 Å². The van der Waals surface area contributed by atoms with Gasteiger partial charge in [0.05, 0.1) is 32.3 Å². The summed E-state index contributed by atoms with van der Waals surface area (Å²) in [5.41, 5.74) is 7.63. The molecule has 1 amide bonds. The summed E-state index contributed by atoms with van der Waals surface area (Å²) < 4.78 is 17.1. The number of para-hydroxylation sites is 1. The quantitative estimate of drug-likeness (QED) is 0.231. The van der Waals surface area contributed by atoms with Crippen molar-refractivity contribution in [3.8, 4) is 17.2 Å². The van der Waals surface area contributed by atoms with Crippen LogP contribution in [-0.2, 0) is 22.8 Å². The molecular weight excluding hydrogens is 542 g/mol. The number of unbranched alkanes of at least 4 members (excludes halogenated alkanes) is 1. The van der Waals surface area contributed by atoms with Gasteiger partial charge in [0, 0.05) is 42.7 Å². The summed E-state index contributed by atoms with van der Waals surface area (Å²) in [7, 11) is 0. The van der Waals surface area contributed by atoms with Crippen LogP contribution in [0.3, 0.4) is 0 Å². The first-order chi connectivity index (χ1) is 20.4. The number of rotatable bonds is 16. The van der Waals surface area contributed by atoms with Crippen molar-refractivity contribution >= 4 is 11.9 Å². The second kappa shape index (κ2) is 15.2. The van der Waals surface area contributed by atoms with Gasteiger partial charge in [0.1, 0.15) is 5.75 Å². The van der Waals surface area contributed by atoms with Gasteiger partial charge >= 0.3 is 5.97 Å². The van der Waals surface area contributed by atoms with Crippen molar-refractivity contribution in [3.05, 3.63) is 53.1 Å². The van der Waals surface area contributed by atoms with Gasteiger partial charge in [0.25, 0.3) is 0 Å². The number of benzene rings is 2. The number of hydrogen-bond acceptors (Lipinski definition) is 9. The summed E-state index contributed by atoms with van der Waals surface area (Å²) in [6, 6.07) is 10.2. The average molecular weight is 586 g/mol. The zero-order valence-corrected chi connectivity index (χ0v) is 24.2. The minimum Gasteiger partial charge on any atom is -0.493 e. The van der Waals surface area contributed by atoms with Crippen molar-refractivity contribution in [2.75, 3.05) is 46.1 Å². The number of ether oxygens (including phenoxy) is 3. The van der Waals surface area contributed by atoms with Gasteiger partial charge in [0.2, 0.25) is 12.7 Å². The van der Waals surface area contributed by atoms with Crippen molar-refractivity contribution in [2.24, 2.45) is 11.7 Å². The molecule has 11 nitrogen and oxygen atoms in total. The molecule has 4 rings (SSSR count). The normalized spacial score (nSPS) is 19.7. The standard InChI is InChI=1S/C31H43N3O8/c1-2-3-11-33(12-6-10-32)28(37)17-34-16-24(22-14-23(19-36)30-27(15-22)41-20-42-30)29(31(38)39)25(34)9-13-40-26-8-5-4-7-21(26)18-35/h4-5,7-8,14-15,24-25,29,35-36H,2-3,6,9-13,16-20,32H2,1H3,(H,38,39)/t24-,25+,29-/m1/s1. The van der Waals surface area contributed by atoms with Crippen molar-refractivity contribution in [1.29, 1.82) is 0 Å². The molecule has 0 aliphatic carbocycles. The van der Waals surface area contributed by atoms with Crippen molar-refractivity contribution in [2.45, 2.75) is 57.8 Å². The number of nitrogens with two attached hydrogens (primary N) is 1. The van der Waals surface area contributed by atoms with Crippen LogP contribution in [0.2, 0.25) is 0 Å². The molecule has 0 unspecified atom stereocenters. The fourth-order valence-electron chi connectivity index (χ4n) is 5.96. The Kier molecular flexibility index (Phi) is 11.4. The lowest BCUT2D eigenvalue weighted by Gasteiger charge is -2.29. The molecule has 0 spiro atoms. The Morgan fingerprint density at radius 2 is 1.86 bits per heavy atom. The smallest absolute Gasteiger partial charge is 0.308 e. The van der Waals surface area contributed by atoms with Crippen LogP contribution in [0.1, 0.15) is 55.2 Å². The fourth-order valence-corrected chi connectivity index (χ4v) is 5.96. The molecule has 2 aliphatic heterocycles. The summed E-state index contributed by atoms with van der Waals surface area (Å²) >= 11 is 0. The molecule has 11 heteroatoms. The lowest BCUT2D eigenvalue weighted by molar-refractivity contribution is -0.144. The molecule has 3 atom stereocenters. The first-order valence-electron chi connectivity index (χ1n) is 14.7. The Morgan fingerprint density at radius 3 is 2.57 bits per heavy atom. The molecule has 1 fully saturated rings.